The van der Waals surface area contributed by atoms with Crippen LogP contribution in [0.15, 0.2) is 84.9 Å². The molecule has 5 heteroatoms. The average molecular weight is 512 g/mol. The molecular formula is C33H38FN3O. The number of benzene rings is 3. The van der Waals surface area contributed by atoms with E-state index >= 15 is 0 Å². The number of halogens is 1. The Bertz CT molecular complexity index is 1290. The van der Waals surface area contributed by atoms with Crippen molar-refractivity contribution in [3.8, 4) is 0 Å². The molecule has 0 saturated carbocycles. The smallest absolute Gasteiger partial charge is 0.243 e. The summed E-state index contributed by atoms with van der Waals surface area (Å²) >= 11 is 0. The third-order valence-corrected chi connectivity index (χ3v) is 6.53. The van der Waals surface area contributed by atoms with Crippen molar-refractivity contribution in [3.63, 3.8) is 0 Å². The first kappa shape index (κ1) is 28.7. The Balaban J connectivity index is 1.89. The molecule has 0 atom stereocenters. The lowest BCUT2D eigenvalue weighted by Gasteiger charge is -2.21. The standard InChI is InChI=1S/C33H38FN3O/c1-23(2)31(26-11-6-5-7-12-26)32(28-17-14-24(3)29(22-28)33(34)35)27-18-15-25(16-19-27)10-8-20-37-21-9-13-30(38)36-4/h5-7,9,11-19,22-23,35,37H,8,10,20-21H2,1-4H3,(H,36,38)/b13-9+,32-31+,35-33?. The van der Waals surface area contributed by atoms with Crippen LogP contribution in [0.25, 0.3) is 11.1 Å². The van der Waals surface area contributed by atoms with Crippen molar-refractivity contribution in [2.45, 2.75) is 33.6 Å². The van der Waals surface area contributed by atoms with Gasteiger partial charge in [-0.15, -0.1) is 0 Å². The molecule has 3 aromatic rings. The highest BCUT2D eigenvalue weighted by molar-refractivity contribution is 6.01. The van der Waals surface area contributed by atoms with Crippen LogP contribution in [0, 0.1) is 18.3 Å². The normalized spacial score (nSPS) is 12.1. The van der Waals surface area contributed by atoms with Gasteiger partial charge >= 0.3 is 0 Å². The van der Waals surface area contributed by atoms with Crippen molar-refractivity contribution in [1.29, 1.82) is 5.41 Å². The number of allylic oxidation sites excluding steroid dienone is 1. The van der Waals surface area contributed by atoms with Gasteiger partial charge in [0.1, 0.15) is 0 Å². The number of aryl methyl sites for hydroxylation is 2. The third-order valence-electron chi connectivity index (χ3n) is 6.53. The van der Waals surface area contributed by atoms with Gasteiger partial charge in [0, 0.05) is 25.2 Å². The molecule has 0 radical (unpaired) electrons. The Hall–Kier alpha value is -3.83. The molecule has 0 aliphatic rings. The van der Waals surface area contributed by atoms with E-state index in [4.69, 9.17) is 5.41 Å². The summed E-state index contributed by atoms with van der Waals surface area (Å²) in [4.78, 5) is 11.2. The molecule has 0 heterocycles. The van der Waals surface area contributed by atoms with Crippen molar-refractivity contribution in [2.24, 2.45) is 5.92 Å². The molecule has 0 aliphatic carbocycles. The quantitative estimate of drug-likeness (QED) is 0.109. The van der Waals surface area contributed by atoms with Gasteiger partial charge in [-0.3, -0.25) is 10.2 Å². The zero-order valence-electron chi connectivity index (χ0n) is 22.8. The maximum atomic E-state index is 14.1. The molecule has 3 aromatic carbocycles. The SMILES string of the molecule is CNC(=O)/C=C/CNCCCc1ccc(/C(=C(\c2ccccc2)C(C)C)c2ccc(C)c(C(=N)F)c2)cc1. The number of hydrogen-bond donors (Lipinski definition) is 3. The highest BCUT2D eigenvalue weighted by Gasteiger charge is 2.18. The lowest BCUT2D eigenvalue weighted by atomic mass is 9.83. The Morgan fingerprint density at radius 3 is 2.29 bits per heavy atom. The molecule has 38 heavy (non-hydrogen) atoms. The summed E-state index contributed by atoms with van der Waals surface area (Å²) in [5.74, 6) is -0.786. The number of nitrogens with one attached hydrogen (secondary N) is 3. The second-order valence-electron chi connectivity index (χ2n) is 9.67. The number of carbonyl (C=O) groups is 1. The lowest BCUT2D eigenvalue weighted by molar-refractivity contribution is -0.116. The van der Waals surface area contributed by atoms with Gasteiger partial charge in [-0.1, -0.05) is 86.7 Å². The summed E-state index contributed by atoms with van der Waals surface area (Å²) in [6.45, 7) is 7.71. The van der Waals surface area contributed by atoms with Crippen LogP contribution in [0.3, 0.4) is 0 Å². The fraction of sp³-hybridized carbons (Fsp3) is 0.273. The van der Waals surface area contributed by atoms with Gasteiger partial charge in [-0.25, -0.2) is 0 Å². The van der Waals surface area contributed by atoms with Gasteiger partial charge in [-0.2, -0.15) is 4.39 Å². The van der Waals surface area contributed by atoms with E-state index in [2.05, 4.69) is 60.9 Å². The zero-order valence-corrected chi connectivity index (χ0v) is 22.8. The first-order valence-electron chi connectivity index (χ1n) is 13.1. The van der Waals surface area contributed by atoms with Crippen LogP contribution >= 0.6 is 0 Å². The molecule has 0 saturated heterocycles. The minimum absolute atomic E-state index is 0.0991. The molecule has 3 rings (SSSR count). The fourth-order valence-electron chi connectivity index (χ4n) is 4.57. The zero-order chi connectivity index (χ0) is 27.5. The highest BCUT2D eigenvalue weighted by Crippen LogP contribution is 2.37. The minimum atomic E-state index is -0.914. The van der Waals surface area contributed by atoms with Crippen LogP contribution in [0.4, 0.5) is 4.39 Å². The van der Waals surface area contributed by atoms with E-state index in [0.29, 0.717) is 12.1 Å². The second kappa shape index (κ2) is 14.2. The third kappa shape index (κ3) is 7.83. The molecule has 0 bridgehead atoms. The molecule has 3 N–H and O–H groups in total. The summed E-state index contributed by atoms with van der Waals surface area (Å²) in [5, 5.41) is 13.5. The molecule has 0 aromatic heterocycles. The van der Waals surface area contributed by atoms with E-state index in [1.807, 2.05) is 43.3 Å². The summed E-state index contributed by atoms with van der Waals surface area (Å²) in [5.41, 5.74) is 7.68. The summed E-state index contributed by atoms with van der Waals surface area (Å²) < 4.78 is 14.1. The Morgan fingerprint density at radius 1 is 0.974 bits per heavy atom. The van der Waals surface area contributed by atoms with Gasteiger partial charge in [0.15, 0.2) is 0 Å². The van der Waals surface area contributed by atoms with Gasteiger partial charge in [-0.05, 0) is 77.3 Å². The number of likely N-dealkylation sites (N-methyl/N-ethyl adjacent to an activating group) is 1. The number of amides is 1. The first-order valence-corrected chi connectivity index (χ1v) is 13.1. The van der Waals surface area contributed by atoms with Gasteiger partial charge in [0.05, 0.1) is 0 Å². The molecule has 4 nitrogen and oxygen atoms in total. The molecule has 1 amide bonds. The predicted molar refractivity (Wildman–Crippen MR) is 157 cm³/mol. The van der Waals surface area contributed by atoms with Gasteiger partial charge < -0.3 is 10.6 Å². The Morgan fingerprint density at radius 2 is 1.66 bits per heavy atom. The predicted octanol–water partition coefficient (Wildman–Crippen LogP) is 6.73. The topological polar surface area (TPSA) is 65.0 Å². The number of carbonyl (C=O) groups excluding carboxylic acids is 1. The average Bonchev–Trinajstić information content (AvgIpc) is 2.92. The van der Waals surface area contributed by atoms with Gasteiger partial charge in [0.25, 0.3) is 0 Å². The lowest BCUT2D eigenvalue weighted by Crippen LogP contribution is -2.18. The number of rotatable bonds is 12. The van der Waals surface area contributed by atoms with Gasteiger partial charge in [0.2, 0.25) is 11.9 Å². The molecule has 0 aliphatic heterocycles. The maximum Gasteiger partial charge on any atom is 0.243 e. The van der Waals surface area contributed by atoms with Crippen molar-refractivity contribution < 1.29 is 9.18 Å². The highest BCUT2D eigenvalue weighted by atomic mass is 19.1. The summed E-state index contributed by atoms with van der Waals surface area (Å²) in [7, 11) is 1.61. The maximum absolute atomic E-state index is 14.1. The fourth-order valence-corrected chi connectivity index (χ4v) is 4.57. The van der Waals surface area contributed by atoms with Crippen molar-refractivity contribution >= 4 is 23.0 Å². The van der Waals surface area contributed by atoms with E-state index in [0.717, 1.165) is 47.2 Å². The van der Waals surface area contributed by atoms with E-state index < -0.39 is 5.97 Å². The van der Waals surface area contributed by atoms with E-state index in [-0.39, 0.29) is 11.8 Å². The largest absolute Gasteiger partial charge is 0.356 e. The Kier molecular flexibility index (Phi) is 10.7. The summed E-state index contributed by atoms with van der Waals surface area (Å²) in [6.07, 6.45) is 5.28. The van der Waals surface area contributed by atoms with Crippen LogP contribution in [0.2, 0.25) is 0 Å². The molecule has 0 unspecified atom stereocenters. The minimum Gasteiger partial charge on any atom is -0.356 e. The number of hydrogen-bond acceptors (Lipinski definition) is 3. The van der Waals surface area contributed by atoms with Crippen LogP contribution in [0.1, 0.15) is 53.6 Å². The van der Waals surface area contributed by atoms with E-state index in [9.17, 15) is 9.18 Å². The van der Waals surface area contributed by atoms with Crippen molar-refractivity contribution in [1.82, 2.24) is 10.6 Å². The summed E-state index contributed by atoms with van der Waals surface area (Å²) in [6, 6.07) is 24.7. The van der Waals surface area contributed by atoms with Crippen LogP contribution in [-0.2, 0) is 11.2 Å². The molecular weight excluding hydrogens is 473 g/mol. The monoisotopic (exact) mass is 511 g/mol. The van der Waals surface area contributed by atoms with Crippen molar-refractivity contribution in [3.05, 3.63) is 118 Å². The molecule has 198 valence electrons. The molecule has 0 fully saturated rings. The Labute approximate surface area is 226 Å². The van der Waals surface area contributed by atoms with E-state index in [1.54, 1.807) is 13.1 Å². The van der Waals surface area contributed by atoms with Crippen LogP contribution < -0.4 is 10.6 Å². The van der Waals surface area contributed by atoms with Crippen LogP contribution in [-0.4, -0.2) is 32.0 Å². The van der Waals surface area contributed by atoms with E-state index in [1.165, 1.54) is 17.2 Å². The molecule has 0 spiro atoms. The van der Waals surface area contributed by atoms with Crippen molar-refractivity contribution in [2.75, 3.05) is 20.1 Å². The second-order valence-corrected chi connectivity index (χ2v) is 9.67. The van der Waals surface area contributed by atoms with Crippen LogP contribution in [0.5, 0.6) is 0 Å². The first-order chi connectivity index (χ1) is 18.3.